The van der Waals surface area contributed by atoms with Crippen molar-refractivity contribution in [1.29, 1.82) is 0 Å². The summed E-state index contributed by atoms with van der Waals surface area (Å²) in [6.45, 7) is 0. The minimum absolute atomic E-state index is 0.0339. The van der Waals surface area contributed by atoms with E-state index < -0.39 is 22.7 Å². The number of anilines is 1. The SMILES string of the molecule is O=C(CS(=O)C1CCCC1)Nc1cc(C(=O)O)ccc1Cl. The van der Waals surface area contributed by atoms with Crippen LogP contribution in [-0.4, -0.2) is 32.2 Å². The minimum Gasteiger partial charge on any atom is -0.478 e. The van der Waals surface area contributed by atoms with Crippen molar-refractivity contribution in [2.75, 3.05) is 11.1 Å². The fourth-order valence-electron chi connectivity index (χ4n) is 2.34. The number of amides is 1. The first-order valence-electron chi connectivity index (χ1n) is 6.67. The number of aromatic carboxylic acids is 1. The second-order valence-corrected chi connectivity index (χ2v) is 7.10. The van der Waals surface area contributed by atoms with Crippen LogP contribution >= 0.6 is 11.6 Å². The second kappa shape index (κ2) is 7.04. The van der Waals surface area contributed by atoms with E-state index in [-0.39, 0.29) is 27.3 Å². The highest BCUT2D eigenvalue weighted by atomic mass is 35.5. The molecule has 1 atom stereocenters. The van der Waals surface area contributed by atoms with Crippen LogP contribution in [-0.2, 0) is 15.6 Å². The van der Waals surface area contributed by atoms with E-state index >= 15 is 0 Å². The van der Waals surface area contributed by atoms with Crippen molar-refractivity contribution in [3.63, 3.8) is 0 Å². The number of carboxylic acids is 1. The molecule has 1 aliphatic carbocycles. The third-order valence-corrected chi connectivity index (χ3v) is 5.53. The Morgan fingerprint density at radius 2 is 2.00 bits per heavy atom. The Morgan fingerprint density at radius 1 is 1.33 bits per heavy atom. The first-order valence-corrected chi connectivity index (χ1v) is 8.43. The van der Waals surface area contributed by atoms with Crippen LogP contribution in [0.5, 0.6) is 0 Å². The molecule has 1 fully saturated rings. The monoisotopic (exact) mass is 329 g/mol. The van der Waals surface area contributed by atoms with Gasteiger partial charge in [-0.3, -0.25) is 9.00 Å². The van der Waals surface area contributed by atoms with E-state index in [2.05, 4.69) is 5.32 Å². The van der Waals surface area contributed by atoms with Crippen molar-refractivity contribution < 1.29 is 18.9 Å². The lowest BCUT2D eigenvalue weighted by molar-refractivity contribution is -0.113. The number of rotatable bonds is 5. The van der Waals surface area contributed by atoms with Gasteiger partial charge in [0.1, 0.15) is 5.75 Å². The number of carboxylic acid groups (broad SMARTS) is 1. The molecule has 0 saturated heterocycles. The van der Waals surface area contributed by atoms with Crippen molar-refractivity contribution in [1.82, 2.24) is 0 Å². The van der Waals surface area contributed by atoms with Gasteiger partial charge < -0.3 is 10.4 Å². The molecule has 1 saturated carbocycles. The van der Waals surface area contributed by atoms with Gasteiger partial charge in [0.05, 0.1) is 16.3 Å². The van der Waals surface area contributed by atoms with Gasteiger partial charge in [0.25, 0.3) is 0 Å². The van der Waals surface area contributed by atoms with Crippen molar-refractivity contribution in [2.45, 2.75) is 30.9 Å². The van der Waals surface area contributed by atoms with Crippen molar-refractivity contribution >= 4 is 40.0 Å². The maximum absolute atomic E-state index is 12.0. The smallest absolute Gasteiger partial charge is 0.335 e. The lowest BCUT2D eigenvalue weighted by atomic mass is 10.2. The van der Waals surface area contributed by atoms with Crippen LogP contribution in [0.25, 0.3) is 0 Å². The Kier molecular flexibility index (Phi) is 5.36. The summed E-state index contributed by atoms with van der Waals surface area (Å²) in [5.74, 6) is -1.60. The third-order valence-electron chi connectivity index (χ3n) is 3.43. The quantitative estimate of drug-likeness (QED) is 0.870. The molecule has 0 aromatic heterocycles. The average Bonchev–Trinajstić information content (AvgIpc) is 2.95. The van der Waals surface area contributed by atoms with E-state index in [1.807, 2.05) is 0 Å². The summed E-state index contributed by atoms with van der Waals surface area (Å²) < 4.78 is 12.0. The molecule has 0 heterocycles. The lowest BCUT2D eigenvalue weighted by Gasteiger charge is -2.11. The molecule has 1 aromatic carbocycles. The van der Waals surface area contributed by atoms with Crippen LogP contribution in [0.15, 0.2) is 18.2 Å². The third kappa shape index (κ3) is 4.28. The van der Waals surface area contributed by atoms with Gasteiger partial charge in [0, 0.05) is 16.0 Å². The highest BCUT2D eigenvalue weighted by Crippen LogP contribution is 2.25. The fraction of sp³-hybridized carbons (Fsp3) is 0.429. The van der Waals surface area contributed by atoms with Gasteiger partial charge >= 0.3 is 5.97 Å². The number of benzene rings is 1. The van der Waals surface area contributed by atoms with Crippen molar-refractivity contribution in [2.24, 2.45) is 0 Å². The lowest BCUT2D eigenvalue weighted by Crippen LogP contribution is -2.25. The summed E-state index contributed by atoms with van der Waals surface area (Å²) in [6.07, 6.45) is 3.92. The van der Waals surface area contributed by atoms with E-state index in [4.69, 9.17) is 16.7 Å². The number of hydrogen-bond acceptors (Lipinski definition) is 3. The Bertz CT molecular complexity index is 584. The van der Waals surface area contributed by atoms with Gasteiger partial charge in [-0.2, -0.15) is 0 Å². The highest BCUT2D eigenvalue weighted by molar-refractivity contribution is 7.86. The summed E-state index contributed by atoms with van der Waals surface area (Å²) >= 11 is 5.93. The molecule has 2 rings (SSSR count). The topological polar surface area (TPSA) is 83.5 Å². The Labute approximate surface area is 130 Å². The molecule has 0 radical (unpaired) electrons. The van der Waals surface area contributed by atoms with E-state index in [1.54, 1.807) is 0 Å². The molecule has 1 unspecified atom stereocenters. The minimum atomic E-state index is -1.19. The zero-order valence-corrected chi connectivity index (χ0v) is 12.9. The molecule has 7 heteroatoms. The zero-order chi connectivity index (χ0) is 15.4. The van der Waals surface area contributed by atoms with Crippen LogP contribution in [0.1, 0.15) is 36.0 Å². The van der Waals surface area contributed by atoms with E-state index in [9.17, 15) is 13.8 Å². The molecule has 1 aliphatic rings. The molecule has 2 N–H and O–H groups in total. The molecule has 0 spiro atoms. The van der Waals surface area contributed by atoms with Crippen LogP contribution in [0.3, 0.4) is 0 Å². The number of halogens is 1. The molecular weight excluding hydrogens is 314 g/mol. The standard InChI is InChI=1S/C14H16ClNO4S/c15-11-6-5-9(14(18)19)7-12(11)16-13(17)8-21(20)10-3-1-2-4-10/h5-7,10H,1-4,8H2,(H,16,17)(H,18,19). The Balaban J connectivity index is 2.00. The maximum Gasteiger partial charge on any atom is 0.335 e. The molecule has 1 amide bonds. The Hall–Kier alpha value is -1.40. The van der Waals surface area contributed by atoms with Gasteiger partial charge in [-0.15, -0.1) is 0 Å². The van der Waals surface area contributed by atoms with Gasteiger partial charge in [-0.25, -0.2) is 4.79 Å². The number of carbonyl (C=O) groups excluding carboxylic acids is 1. The van der Waals surface area contributed by atoms with Gasteiger partial charge in [-0.05, 0) is 31.0 Å². The second-order valence-electron chi connectivity index (χ2n) is 4.98. The summed E-state index contributed by atoms with van der Waals surface area (Å²) in [5, 5.41) is 11.8. The summed E-state index contributed by atoms with van der Waals surface area (Å²) in [6, 6.07) is 4.06. The molecule has 0 bridgehead atoms. The normalized spacial score (nSPS) is 16.6. The first-order chi connectivity index (χ1) is 9.97. The molecule has 1 aromatic rings. The maximum atomic E-state index is 12.0. The molecular formula is C14H16ClNO4S. The molecule has 21 heavy (non-hydrogen) atoms. The summed E-state index contributed by atoms with van der Waals surface area (Å²) in [5.41, 5.74) is 0.261. The predicted molar refractivity (Wildman–Crippen MR) is 82.3 cm³/mol. The Morgan fingerprint density at radius 3 is 2.62 bits per heavy atom. The van der Waals surface area contributed by atoms with E-state index in [0.29, 0.717) is 0 Å². The van der Waals surface area contributed by atoms with Gasteiger partial charge in [0.15, 0.2) is 0 Å². The molecule has 5 nitrogen and oxygen atoms in total. The average molecular weight is 330 g/mol. The number of nitrogens with one attached hydrogen (secondary N) is 1. The van der Waals surface area contributed by atoms with Crippen LogP contribution in [0, 0.1) is 0 Å². The van der Waals surface area contributed by atoms with Crippen molar-refractivity contribution in [3.8, 4) is 0 Å². The number of hydrogen-bond donors (Lipinski definition) is 2. The van der Waals surface area contributed by atoms with Crippen LogP contribution in [0.4, 0.5) is 5.69 Å². The molecule has 0 aliphatic heterocycles. The van der Waals surface area contributed by atoms with E-state index in [0.717, 1.165) is 25.7 Å². The van der Waals surface area contributed by atoms with E-state index in [1.165, 1.54) is 18.2 Å². The fourth-order valence-corrected chi connectivity index (χ4v) is 3.93. The first kappa shape index (κ1) is 16.0. The van der Waals surface area contributed by atoms with Crippen LogP contribution in [0.2, 0.25) is 5.02 Å². The van der Waals surface area contributed by atoms with Crippen LogP contribution < -0.4 is 5.32 Å². The summed E-state index contributed by atoms with van der Waals surface area (Å²) in [7, 11) is -1.19. The zero-order valence-electron chi connectivity index (χ0n) is 11.3. The van der Waals surface area contributed by atoms with Crippen molar-refractivity contribution in [3.05, 3.63) is 28.8 Å². The van der Waals surface area contributed by atoms with Gasteiger partial charge in [-0.1, -0.05) is 24.4 Å². The highest BCUT2D eigenvalue weighted by Gasteiger charge is 2.23. The predicted octanol–water partition coefficient (Wildman–Crippen LogP) is 2.67. The summed E-state index contributed by atoms with van der Waals surface area (Å²) in [4.78, 5) is 22.8. The molecule has 114 valence electrons. The van der Waals surface area contributed by atoms with Gasteiger partial charge in [0.2, 0.25) is 5.91 Å². The largest absolute Gasteiger partial charge is 0.478 e. The number of carbonyl (C=O) groups is 2.